The fourth-order valence-electron chi connectivity index (χ4n) is 7.43. The quantitative estimate of drug-likeness (QED) is 0.0347. The molecular formula is C50H96O6. The number of hydrogen-bond acceptors (Lipinski definition) is 6. The highest BCUT2D eigenvalue weighted by molar-refractivity contribution is 5.71. The summed E-state index contributed by atoms with van der Waals surface area (Å²) in [6, 6.07) is 0. The molecular weight excluding hydrogens is 697 g/mol. The molecule has 0 saturated carbocycles. The number of rotatable bonds is 44. The molecule has 0 fully saturated rings. The van der Waals surface area contributed by atoms with Gasteiger partial charge < -0.3 is 14.2 Å². The van der Waals surface area contributed by atoms with Gasteiger partial charge in [0.05, 0.1) is 0 Å². The monoisotopic (exact) mass is 793 g/mol. The van der Waals surface area contributed by atoms with E-state index in [1.165, 1.54) is 161 Å². The summed E-state index contributed by atoms with van der Waals surface area (Å²) in [6.07, 6.45) is 42.4. The fourth-order valence-corrected chi connectivity index (χ4v) is 7.43. The zero-order valence-electron chi connectivity index (χ0n) is 38.3. The topological polar surface area (TPSA) is 78.9 Å². The SMILES string of the molecule is CCCCCCCCCC(=O)OC[C@@H](COC(=O)CCCCCCCCCCCCCCCCC(C)CC)OC(=O)CCCCCCCCCCCCC(C)C. The molecule has 6 nitrogen and oxygen atoms in total. The van der Waals surface area contributed by atoms with Crippen molar-refractivity contribution in [2.45, 2.75) is 278 Å². The zero-order chi connectivity index (χ0) is 41.2. The fraction of sp³-hybridized carbons (Fsp3) is 0.940. The minimum absolute atomic E-state index is 0.0645. The van der Waals surface area contributed by atoms with Gasteiger partial charge in [0.1, 0.15) is 13.2 Å². The second-order valence-corrected chi connectivity index (χ2v) is 17.8. The number of ether oxygens (including phenoxy) is 3. The zero-order valence-corrected chi connectivity index (χ0v) is 38.3. The Morgan fingerprint density at radius 3 is 1.02 bits per heavy atom. The molecule has 0 rings (SSSR count). The summed E-state index contributed by atoms with van der Waals surface area (Å²) in [5.41, 5.74) is 0. The van der Waals surface area contributed by atoms with Gasteiger partial charge in [-0.15, -0.1) is 0 Å². The van der Waals surface area contributed by atoms with E-state index in [9.17, 15) is 14.4 Å². The maximum Gasteiger partial charge on any atom is 0.306 e. The van der Waals surface area contributed by atoms with E-state index in [1.54, 1.807) is 0 Å². The average Bonchev–Trinajstić information content (AvgIpc) is 3.18. The minimum atomic E-state index is -0.760. The lowest BCUT2D eigenvalue weighted by Gasteiger charge is -2.18. The Bertz CT molecular complexity index is 856. The first-order valence-electron chi connectivity index (χ1n) is 24.8. The number of carbonyl (C=O) groups is 3. The van der Waals surface area contributed by atoms with Crippen LogP contribution in [0.3, 0.4) is 0 Å². The summed E-state index contributed by atoms with van der Waals surface area (Å²) in [7, 11) is 0. The molecule has 0 bridgehead atoms. The molecule has 0 radical (unpaired) electrons. The number of esters is 3. The Hall–Kier alpha value is -1.59. The molecule has 0 amide bonds. The van der Waals surface area contributed by atoms with Crippen LogP contribution in [0.4, 0.5) is 0 Å². The van der Waals surface area contributed by atoms with Crippen molar-refractivity contribution in [3.63, 3.8) is 0 Å². The van der Waals surface area contributed by atoms with Crippen LogP contribution in [0.2, 0.25) is 0 Å². The first-order chi connectivity index (χ1) is 27.3. The van der Waals surface area contributed by atoms with Crippen molar-refractivity contribution >= 4 is 17.9 Å². The summed E-state index contributed by atoms with van der Waals surface area (Å²) in [6.45, 7) is 11.4. The van der Waals surface area contributed by atoms with E-state index >= 15 is 0 Å². The highest BCUT2D eigenvalue weighted by Crippen LogP contribution is 2.18. The van der Waals surface area contributed by atoms with Crippen LogP contribution in [0.25, 0.3) is 0 Å². The lowest BCUT2D eigenvalue weighted by molar-refractivity contribution is -0.167. The van der Waals surface area contributed by atoms with Crippen molar-refractivity contribution in [2.75, 3.05) is 13.2 Å². The highest BCUT2D eigenvalue weighted by Gasteiger charge is 2.19. The predicted octanol–water partition coefficient (Wildman–Crippen LogP) is 15.8. The molecule has 0 spiro atoms. The van der Waals surface area contributed by atoms with Crippen LogP contribution in [0, 0.1) is 11.8 Å². The van der Waals surface area contributed by atoms with Crippen LogP contribution in [0.1, 0.15) is 272 Å². The minimum Gasteiger partial charge on any atom is -0.462 e. The van der Waals surface area contributed by atoms with Gasteiger partial charge in [-0.2, -0.15) is 0 Å². The van der Waals surface area contributed by atoms with E-state index < -0.39 is 6.10 Å². The Morgan fingerprint density at radius 1 is 0.375 bits per heavy atom. The van der Waals surface area contributed by atoms with Gasteiger partial charge in [-0.1, -0.05) is 234 Å². The van der Waals surface area contributed by atoms with Gasteiger partial charge in [-0.25, -0.2) is 0 Å². The molecule has 0 aromatic heterocycles. The lowest BCUT2D eigenvalue weighted by Crippen LogP contribution is -2.30. The van der Waals surface area contributed by atoms with Gasteiger partial charge in [0.2, 0.25) is 0 Å². The van der Waals surface area contributed by atoms with Crippen LogP contribution in [0.5, 0.6) is 0 Å². The van der Waals surface area contributed by atoms with Crippen molar-refractivity contribution in [2.24, 2.45) is 11.8 Å². The largest absolute Gasteiger partial charge is 0.462 e. The maximum absolute atomic E-state index is 12.7. The van der Waals surface area contributed by atoms with Gasteiger partial charge in [0.15, 0.2) is 6.10 Å². The van der Waals surface area contributed by atoms with Crippen molar-refractivity contribution in [1.82, 2.24) is 0 Å². The average molecular weight is 793 g/mol. The molecule has 0 aliphatic rings. The summed E-state index contributed by atoms with van der Waals surface area (Å²) in [5, 5.41) is 0. The van der Waals surface area contributed by atoms with Crippen LogP contribution < -0.4 is 0 Å². The molecule has 0 aliphatic heterocycles. The van der Waals surface area contributed by atoms with E-state index in [1.807, 2.05) is 0 Å². The van der Waals surface area contributed by atoms with Crippen molar-refractivity contribution in [1.29, 1.82) is 0 Å². The molecule has 0 aromatic rings. The maximum atomic E-state index is 12.7. The second-order valence-electron chi connectivity index (χ2n) is 17.8. The van der Waals surface area contributed by atoms with Crippen molar-refractivity contribution in [3.05, 3.63) is 0 Å². The van der Waals surface area contributed by atoms with E-state index in [0.717, 1.165) is 69.6 Å². The summed E-state index contributed by atoms with van der Waals surface area (Å²) in [5.74, 6) is 0.854. The first kappa shape index (κ1) is 54.4. The van der Waals surface area contributed by atoms with Gasteiger partial charge in [0.25, 0.3) is 0 Å². The first-order valence-corrected chi connectivity index (χ1v) is 24.8. The second kappa shape index (κ2) is 43.0. The van der Waals surface area contributed by atoms with Crippen LogP contribution in [-0.4, -0.2) is 37.2 Å². The third-order valence-electron chi connectivity index (χ3n) is 11.6. The third-order valence-corrected chi connectivity index (χ3v) is 11.6. The van der Waals surface area contributed by atoms with Crippen LogP contribution in [0.15, 0.2) is 0 Å². The Kier molecular flexibility index (Phi) is 41.8. The van der Waals surface area contributed by atoms with E-state index in [2.05, 4.69) is 34.6 Å². The number of hydrogen-bond donors (Lipinski definition) is 0. The van der Waals surface area contributed by atoms with Gasteiger partial charge in [-0.3, -0.25) is 14.4 Å². The molecule has 0 N–H and O–H groups in total. The third kappa shape index (κ3) is 42.0. The molecule has 0 heterocycles. The Balaban J connectivity index is 4.20. The molecule has 0 saturated heterocycles. The molecule has 56 heavy (non-hydrogen) atoms. The Labute approximate surface area is 348 Å². The predicted molar refractivity (Wildman–Crippen MR) is 238 cm³/mol. The molecule has 0 aliphatic carbocycles. The molecule has 2 atom stereocenters. The van der Waals surface area contributed by atoms with Crippen molar-refractivity contribution < 1.29 is 28.6 Å². The molecule has 1 unspecified atom stereocenters. The van der Waals surface area contributed by atoms with Crippen LogP contribution in [-0.2, 0) is 28.6 Å². The van der Waals surface area contributed by atoms with Crippen molar-refractivity contribution in [3.8, 4) is 0 Å². The van der Waals surface area contributed by atoms with Gasteiger partial charge in [-0.05, 0) is 31.1 Å². The van der Waals surface area contributed by atoms with Crippen LogP contribution >= 0.6 is 0 Å². The normalized spacial score (nSPS) is 12.5. The highest BCUT2D eigenvalue weighted by atomic mass is 16.6. The standard InChI is InChI=1S/C50H96O6/c1-6-8-9-10-23-30-35-40-48(51)54-43-47(56-50(53)42-37-32-27-22-18-17-19-24-28-33-38-45(3)4)44-55-49(52)41-36-31-26-21-16-14-12-11-13-15-20-25-29-34-39-46(5)7-2/h45-47H,6-44H2,1-5H3/t46?,47-/m0/s1. The molecule has 332 valence electrons. The summed E-state index contributed by atoms with van der Waals surface area (Å²) >= 11 is 0. The molecule has 6 heteroatoms. The molecule has 0 aromatic carbocycles. The number of unbranched alkanes of at least 4 members (excludes halogenated alkanes) is 28. The van der Waals surface area contributed by atoms with E-state index in [4.69, 9.17) is 14.2 Å². The summed E-state index contributed by atoms with van der Waals surface area (Å²) < 4.78 is 16.7. The van der Waals surface area contributed by atoms with Gasteiger partial charge in [0, 0.05) is 19.3 Å². The van der Waals surface area contributed by atoms with E-state index in [0.29, 0.717) is 19.3 Å². The van der Waals surface area contributed by atoms with Gasteiger partial charge >= 0.3 is 17.9 Å². The summed E-state index contributed by atoms with van der Waals surface area (Å²) in [4.78, 5) is 37.7. The smallest absolute Gasteiger partial charge is 0.306 e. The lowest BCUT2D eigenvalue weighted by atomic mass is 9.99. The van der Waals surface area contributed by atoms with E-state index in [-0.39, 0.29) is 31.1 Å². The number of carbonyl (C=O) groups excluding carboxylic acids is 3. The Morgan fingerprint density at radius 2 is 0.679 bits per heavy atom.